The molecule has 4 aromatic rings. The third kappa shape index (κ3) is 2.79. The van der Waals surface area contributed by atoms with Gasteiger partial charge in [0.1, 0.15) is 5.54 Å². The number of imide groups is 1. The predicted molar refractivity (Wildman–Crippen MR) is 139 cm³/mol. The van der Waals surface area contributed by atoms with Crippen LogP contribution in [0.25, 0.3) is 10.9 Å². The van der Waals surface area contributed by atoms with Gasteiger partial charge in [0.05, 0.1) is 17.5 Å². The van der Waals surface area contributed by atoms with E-state index in [1.807, 2.05) is 54.7 Å². The van der Waals surface area contributed by atoms with Gasteiger partial charge in [-0.25, -0.2) is 4.90 Å². The Kier molecular flexibility index (Phi) is 4.56. The molecule has 1 spiro atoms. The maximum Gasteiger partial charge on any atom is 0.250 e. The minimum Gasteiger partial charge on any atom is -0.361 e. The number of halogens is 1. The Morgan fingerprint density at radius 3 is 2.53 bits per heavy atom. The molecule has 3 aromatic carbocycles. The van der Waals surface area contributed by atoms with Crippen LogP contribution in [0.1, 0.15) is 11.1 Å². The summed E-state index contributed by atoms with van der Waals surface area (Å²) in [6.45, 7) is 0. The zero-order valence-electron chi connectivity index (χ0n) is 19.0. The first-order valence-corrected chi connectivity index (χ1v) is 12.7. The van der Waals surface area contributed by atoms with Gasteiger partial charge in [0.15, 0.2) is 0 Å². The van der Waals surface area contributed by atoms with Crippen LogP contribution >= 0.6 is 15.9 Å². The van der Waals surface area contributed by atoms with Gasteiger partial charge in [-0.2, -0.15) is 0 Å². The third-order valence-corrected chi connectivity index (χ3v) is 8.30. The van der Waals surface area contributed by atoms with Gasteiger partial charge in [-0.3, -0.25) is 19.7 Å². The Labute approximate surface area is 215 Å². The van der Waals surface area contributed by atoms with Crippen LogP contribution < -0.4 is 15.5 Å². The molecule has 7 nitrogen and oxygen atoms in total. The van der Waals surface area contributed by atoms with E-state index >= 15 is 0 Å². The van der Waals surface area contributed by atoms with Gasteiger partial charge in [-0.15, -0.1) is 0 Å². The molecule has 7 rings (SSSR count). The van der Waals surface area contributed by atoms with Crippen LogP contribution in [0.15, 0.2) is 83.5 Å². The lowest BCUT2D eigenvalue weighted by Gasteiger charge is -2.29. The number of hydrogen-bond acceptors (Lipinski definition) is 4. The molecule has 3 N–H and O–H groups in total. The summed E-state index contributed by atoms with van der Waals surface area (Å²) in [6.07, 6.45) is 2.44. The van der Waals surface area contributed by atoms with Crippen LogP contribution in [0.3, 0.4) is 0 Å². The maximum atomic E-state index is 14.0. The smallest absolute Gasteiger partial charge is 0.250 e. The van der Waals surface area contributed by atoms with Gasteiger partial charge < -0.3 is 10.3 Å². The molecule has 8 heteroatoms. The van der Waals surface area contributed by atoms with E-state index in [9.17, 15) is 14.4 Å². The molecule has 1 aromatic heterocycles. The number of carbonyl (C=O) groups excluding carboxylic acids is 3. The minimum absolute atomic E-state index is 0.276. The summed E-state index contributed by atoms with van der Waals surface area (Å²) in [7, 11) is 0. The van der Waals surface area contributed by atoms with Crippen LogP contribution in [0, 0.1) is 11.8 Å². The van der Waals surface area contributed by atoms with Gasteiger partial charge in [-0.05, 0) is 48.4 Å². The fourth-order valence-electron chi connectivity index (χ4n) is 6.32. The molecule has 0 aliphatic carbocycles. The van der Waals surface area contributed by atoms with Crippen molar-refractivity contribution in [2.45, 2.75) is 18.0 Å². The molecular weight excluding hydrogens is 520 g/mol. The second kappa shape index (κ2) is 7.62. The Morgan fingerprint density at radius 1 is 0.917 bits per heavy atom. The molecule has 4 atom stereocenters. The molecular formula is C28H21BrN4O3. The topological polar surface area (TPSA) is 94.3 Å². The van der Waals surface area contributed by atoms with Gasteiger partial charge in [0.2, 0.25) is 17.7 Å². The summed E-state index contributed by atoms with van der Waals surface area (Å²) in [4.78, 5) is 46.2. The first-order chi connectivity index (χ1) is 17.5. The molecule has 3 aliphatic heterocycles. The summed E-state index contributed by atoms with van der Waals surface area (Å²) in [5.74, 6) is -2.49. The average molecular weight is 541 g/mol. The molecule has 4 heterocycles. The molecule has 3 amide bonds. The van der Waals surface area contributed by atoms with Crippen molar-refractivity contribution in [3.8, 4) is 0 Å². The number of para-hydroxylation sites is 2. The largest absolute Gasteiger partial charge is 0.361 e. The third-order valence-electron chi connectivity index (χ3n) is 7.81. The van der Waals surface area contributed by atoms with Crippen molar-refractivity contribution in [2.75, 3.05) is 10.2 Å². The van der Waals surface area contributed by atoms with E-state index in [0.29, 0.717) is 23.4 Å². The maximum absolute atomic E-state index is 14.0. The number of aromatic amines is 1. The number of hydrogen-bond donors (Lipinski definition) is 3. The van der Waals surface area contributed by atoms with Gasteiger partial charge in [0, 0.05) is 38.9 Å². The van der Waals surface area contributed by atoms with Crippen LogP contribution in [-0.2, 0) is 26.3 Å². The summed E-state index contributed by atoms with van der Waals surface area (Å²) < 4.78 is 0.798. The molecule has 0 unspecified atom stereocenters. The molecule has 0 radical (unpaired) electrons. The average Bonchev–Trinajstić information content (AvgIpc) is 3.59. The van der Waals surface area contributed by atoms with E-state index < -0.39 is 23.4 Å². The quantitative estimate of drug-likeness (QED) is 0.341. The normalized spacial score (nSPS) is 26.6. The van der Waals surface area contributed by atoms with E-state index in [2.05, 4.69) is 31.5 Å². The fourth-order valence-corrected chi connectivity index (χ4v) is 6.68. The number of anilines is 2. The Hall–Kier alpha value is -3.75. The standard InChI is InChI=1S/C28H21BrN4O3/c29-16-10-11-21-19(13-16)28(27(36)31-21)24-23(25(34)33(26(24)35)17-6-2-1-3-7-17)22(32-28)12-15-14-30-20-9-5-4-8-18(15)20/h1-11,13-14,22-24,30,32H,12H2,(H,31,36)/t22-,23+,24-,28+/m0/s1. The number of nitrogens with one attached hydrogen (secondary N) is 3. The number of H-pyrrole nitrogens is 1. The van der Waals surface area contributed by atoms with Crippen molar-refractivity contribution in [3.63, 3.8) is 0 Å². The zero-order valence-corrected chi connectivity index (χ0v) is 20.6. The van der Waals surface area contributed by atoms with Gasteiger partial charge in [-0.1, -0.05) is 52.3 Å². The lowest BCUT2D eigenvalue weighted by molar-refractivity contribution is -0.130. The number of carbonyl (C=O) groups is 3. The molecule has 178 valence electrons. The number of rotatable bonds is 3. The summed E-state index contributed by atoms with van der Waals surface area (Å²) >= 11 is 3.52. The highest BCUT2D eigenvalue weighted by atomic mass is 79.9. The summed E-state index contributed by atoms with van der Waals surface area (Å²) in [5, 5.41) is 7.54. The SMILES string of the molecule is O=C1[C@@H]2[C@H](Cc3c[nH]c4ccccc34)N[C@@]3(C(=O)Nc4ccc(Br)cc43)[C@@H]2C(=O)N1c1ccccc1. The van der Waals surface area contributed by atoms with E-state index in [-0.39, 0.29) is 17.7 Å². The van der Waals surface area contributed by atoms with E-state index in [4.69, 9.17) is 0 Å². The molecule has 36 heavy (non-hydrogen) atoms. The lowest BCUT2D eigenvalue weighted by Crippen LogP contribution is -2.53. The van der Waals surface area contributed by atoms with Crippen molar-refractivity contribution >= 4 is 55.9 Å². The number of nitrogens with zero attached hydrogens (tertiary/aromatic N) is 1. The first kappa shape index (κ1) is 21.5. The van der Waals surface area contributed by atoms with Crippen molar-refractivity contribution in [2.24, 2.45) is 11.8 Å². The van der Waals surface area contributed by atoms with Crippen LogP contribution in [0.4, 0.5) is 11.4 Å². The molecule has 3 aliphatic rings. The first-order valence-electron chi connectivity index (χ1n) is 11.9. The number of aromatic nitrogens is 1. The molecule has 2 saturated heterocycles. The van der Waals surface area contributed by atoms with E-state index in [1.54, 1.807) is 24.3 Å². The van der Waals surface area contributed by atoms with Crippen LogP contribution in [0.5, 0.6) is 0 Å². The van der Waals surface area contributed by atoms with Crippen molar-refractivity contribution < 1.29 is 14.4 Å². The summed E-state index contributed by atoms with van der Waals surface area (Å²) in [6, 6.07) is 22.1. The van der Waals surface area contributed by atoms with E-state index in [0.717, 1.165) is 20.9 Å². The van der Waals surface area contributed by atoms with Crippen LogP contribution in [-0.4, -0.2) is 28.7 Å². The second-order valence-corrected chi connectivity index (χ2v) is 10.5. The summed E-state index contributed by atoms with van der Waals surface area (Å²) in [5.41, 5.74) is 2.57. The lowest BCUT2D eigenvalue weighted by atomic mass is 9.76. The van der Waals surface area contributed by atoms with E-state index in [1.165, 1.54) is 4.90 Å². The highest BCUT2D eigenvalue weighted by Gasteiger charge is 2.70. The van der Waals surface area contributed by atoms with Crippen LogP contribution in [0.2, 0.25) is 0 Å². The zero-order chi connectivity index (χ0) is 24.6. The highest BCUT2D eigenvalue weighted by Crippen LogP contribution is 2.54. The van der Waals surface area contributed by atoms with Crippen molar-refractivity contribution in [3.05, 3.63) is 94.6 Å². The molecule has 0 bridgehead atoms. The molecule has 0 saturated carbocycles. The number of amides is 3. The van der Waals surface area contributed by atoms with Gasteiger partial charge >= 0.3 is 0 Å². The Bertz CT molecular complexity index is 1580. The Morgan fingerprint density at radius 2 is 1.69 bits per heavy atom. The van der Waals surface area contributed by atoms with Crippen molar-refractivity contribution in [1.82, 2.24) is 10.3 Å². The second-order valence-electron chi connectivity index (χ2n) is 9.62. The molecule has 2 fully saturated rings. The fraction of sp³-hybridized carbons (Fsp3) is 0.179. The number of benzene rings is 3. The minimum atomic E-state index is -1.34. The van der Waals surface area contributed by atoms with Gasteiger partial charge in [0.25, 0.3) is 0 Å². The monoisotopic (exact) mass is 540 g/mol. The Balaban J connectivity index is 1.39. The number of fused-ring (bicyclic) bond motifs is 5. The van der Waals surface area contributed by atoms with Crippen molar-refractivity contribution in [1.29, 1.82) is 0 Å². The predicted octanol–water partition coefficient (Wildman–Crippen LogP) is 4.10. The highest BCUT2D eigenvalue weighted by molar-refractivity contribution is 9.10.